The lowest BCUT2D eigenvalue weighted by Gasteiger charge is -2.31. The Kier molecular flexibility index (Phi) is 10.1. The number of nitrogens with one attached hydrogen (secondary N) is 2. The van der Waals surface area contributed by atoms with Crippen LogP contribution >= 0.6 is 0 Å². The van der Waals surface area contributed by atoms with Gasteiger partial charge in [-0.05, 0) is 56.8 Å². The van der Waals surface area contributed by atoms with Crippen LogP contribution in [0.5, 0.6) is 0 Å². The van der Waals surface area contributed by atoms with Gasteiger partial charge in [-0.3, -0.25) is 9.59 Å². The molecule has 0 aromatic heterocycles. The highest BCUT2D eigenvalue weighted by Crippen LogP contribution is 2.33. The summed E-state index contributed by atoms with van der Waals surface area (Å²) in [6, 6.07) is -0.456. The molecule has 1 aliphatic rings. The predicted molar refractivity (Wildman–Crippen MR) is 101 cm³/mol. The van der Waals surface area contributed by atoms with E-state index in [9.17, 15) is 9.59 Å². The molecular weight excluding hydrogens is 316 g/mol. The molecule has 1 atom stereocenters. The van der Waals surface area contributed by atoms with Crippen molar-refractivity contribution in [2.75, 3.05) is 19.8 Å². The second-order valence-electron chi connectivity index (χ2n) is 7.93. The Bertz CT molecular complexity index is 402. The van der Waals surface area contributed by atoms with Crippen LogP contribution in [-0.2, 0) is 14.3 Å². The van der Waals surface area contributed by atoms with Crippen LogP contribution in [-0.4, -0.2) is 37.6 Å². The smallest absolute Gasteiger partial charge is 0.242 e. The van der Waals surface area contributed by atoms with Crippen molar-refractivity contribution >= 4 is 11.8 Å². The van der Waals surface area contributed by atoms with Crippen molar-refractivity contribution in [3.8, 4) is 0 Å². The van der Waals surface area contributed by atoms with Gasteiger partial charge in [0.2, 0.25) is 11.8 Å². The zero-order valence-corrected chi connectivity index (χ0v) is 16.8. The van der Waals surface area contributed by atoms with Gasteiger partial charge in [0.25, 0.3) is 0 Å². The number of hydrogen-bond acceptors (Lipinski definition) is 3. The molecule has 5 heteroatoms. The Morgan fingerprint density at radius 1 is 1.08 bits per heavy atom. The highest BCUT2D eigenvalue weighted by molar-refractivity contribution is 5.88. The molecule has 0 unspecified atom stereocenters. The Hall–Kier alpha value is -1.10. The van der Waals surface area contributed by atoms with E-state index in [0.717, 1.165) is 38.0 Å². The minimum atomic E-state index is -0.456. The Morgan fingerprint density at radius 3 is 2.24 bits per heavy atom. The third-order valence-corrected chi connectivity index (χ3v) is 5.30. The fraction of sp³-hybridized carbons (Fsp3) is 0.900. The molecule has 0 aromatic rings. The molecule has 5 nitrogen and oxygen atoms in total. The first kappa shape index (κ1) is 21.9. The van der Waals surface area contributed by atoms with E-state index in [2.05, 4.69) is 24.5 Å². The molecule has 0 aromatic carbocycles. The van der Waals surface area contributed by atoms with Crippen molar-refractivity contribution in [2.45, 2.75) is 72.8 Å². The summed E-state index contributed by atoms with van der Waals surface area (Å²) in [5, 5.41) is 5.92. The normalized spacial score (nSPS) is 22.0. The van der Waals surface area contributed by atoms with Crippen LogP contribution in [0.3, 0.4) is 0 Å². The Morgan fingerprint density at radius 2 is 1.72 bits per heavy atom. The van der Waals surface area contributed by atoms with Crippen molar-refractivity contribution in [2.24, 2.45) is 23.7 Å². The largest absolute Gasteiger partial charge is 0.382 e. The molecular formula is C20H38N2O3. The highest BCUT2D eigenvalue weighted by atomic mass is 16.5. The lowest BCUT2D eigenvalue weighted by Crippen LogP contribution is -2.51. The number of hydrogen-bond donors (Lipinski definition) is 2. The maximum atomic E-state index is 12.6. The van der Waals surface area contributed by atoms with Crippen molar-refractivity contribution in [3.05, 3.63) is 0 Å². The third kappa shape index (κ3) is 7.76. The molecule has 0 bridgehead atoms. The van der Waals surface area contributed by atoms with Gasteiger partial charge in [0.1, 0.15) is 6.04 Å². The number of amides is 2. The first-order chi connectivity index (χ1) is 11.9. The van der Waals surface area contributed by atoms with Gasteiger partial charge in [-0.2, -0.15) is 0 Å². The molecule has 0 radical (unpaired) electrons. The molecule has 2 N–H and O–H groups in total. The third-order valence-electron chi connectivity index (χ3n) is 5.30. The second kappa shape index (κ2) is 11.5. The van der Waals surface area contributed by atoms with Gasteiger partial charge in [0.05, 0.1) is 0 Å². The molecule has 0 spiro atoms. The zero-order chi connectivity index (χ0) is 18.8. The maximum absolute atomic E-state index is 12.6. The van der Waals surface area contributed by atoms with Crippen molar-refractivity contribution in [1.82, 2.24) is 10.6 Å². The summed E-state index contributed by atoms with van der Waals surface area (Å²) in [6.45, 7) is 12.3. The molecule has 1 saturated carbocycles. The number of carbonyl (C=O) groups excluding carboxylic acids is 2. The second-order valence-corrected chi connectivity index (χ2v) is 7.93. The van der Waals surface area contributed by atoms with Crippen molar-refractivity contribution in [1.29, 1.82) is 0 Å². The van der Waals surface area contributed by atoms with E-state index < -0.39 is 6.04 Å². The number of ether oxygens (including phenoxy) is 1. The van der Waals surface area contributed by atoms with Crippen LogP contribution in [0.2, 0.25) is 0 Å². The van der Waals surface area contributed by atoms with Gasteiger partial charge < -0.3 is 15.4 Å². The van der Waals surface area contributed by atoms with Gasteiger partial charge >= 0.3 is 0 Å². The quantitative estimate of drug-likeness (QED) is 0.592. The number of rotatable bonds is 10. The molecule has 1 rings (SSSR count). The lowest BCUT2D eigenvalue weighted by molar-refractivity contribution is -0.133. The van der Waals surface area contributed by atoms with E-state index in [0.29, 0.717) is 25.7 Å². The summed E-state index contributed by atoms with van der Waals surface area (Å²) in [6.07, 6.45) is 4.90. The Labute approximate surface area is 153 Å². The maximum Gasteiger partial charge on any atom is 0.242 e. The van der Waals surface area contributed by atoms with Crippen molar-refractivity contribution < 1.29 is 14.3 Å². The van der Waals surface area contributed by atoms with Gasteiger partial charge in [-0.25, -0.2) is 0 Å². The topological polar surface area (TPSA) is 67.4 Å². The zero-order valence-electron chi connectivity index (χ0n) is 16.8. The van der Waals surface area contributed by atoms with Gasteiger partial charge in [0.15, 0.2) is 0 Å². The summed E-state index contributed by atoms with van der Waals surface area (Å²) in [5.41, 5.74) is 0. The SMILES string of the molecule is CCOCCCNC(=O)[C@H](NC(=O)C1CCC(C(C)C)CC1)C(C)C. The lowest BCUT2D eigenvalue weighted by atomic mass is 9.76. The first-order valence-electron chi connectivity index (χ1n) is 10.0. The summed E-state index contributed by atoms with van der Waals surface area (Å²) in [4.78, 5) is 25.0. The average Bonchev–Trinajstić information content (AvgIpc) is 2.58. The van der Waals surface area contributed by atoms with Crippen LogP contribution in [0, 0.1) is 23.7 Å². The highest BCUT2D eigenvalue weighted by Gasteiger charge is 2.31. The van der Waals surface area contributed by atoms with E-state index >= 15 is 0 Å². The van der Waals surface area contributed by atoms with Gasteiger partial charge in [-0.15, -0.1) is 0 Å². The van der Waals surface area contributed by atoms with E-state index in [1.54, 1.807) is 0 Å². The van der Waals surface area contributed by atoms with Crippen molar-refractivity contribution in [3.63, 3.8) is 0 Å². The first-order valence-corrected chi connectivity index (χ1v) is 10.0. The number of carbonyl (C=O) groups is 2. The van der Waals surface area contributed by atoms with Gasteiger partial charge in [-0.1, -0.05) is 27.7 Å². The minimum Gasteiger partial charge on any atom is -0.382 e. The Balaban J connectivity index is 2.43. The molecule has 0 aliphatic heterocycles. The molecule has 0 saturated heterocycles. The van der Waals surface area contributed by atoms with Crippen LogP contribution in [0.1, 0.15) is 66.7 Å². The summed E-state index contributed by atoms with van der Waals surface area (Å²) < 4.78 is 5.27. The standard InChI is InChI=1S/C20H38N2O3/c1-6-25-13-7-12-21-20(24)18(15(4)5)22-19(23)17-10-8-16(9-11-17)14(2)3/h14-18H,6-13H2,1-5H3,(H,21,24)(H,22,23)/t16?,17?,18-/m1/s1. The molecule has 1 aliphatic carbocycles. The van der Waals surface area contributed by atoms with Crippen LogP contribution < -0.4 is 10.6 Å². The van der Waals surface area contributed by atoms with Crippen LogP contribution in [0.15, 0.2) is 0 Å². The molecule has 146 valence electrons. The molecule has 25 heavy (non-hydrogen) atoms. The monoisotopic (exact) mass is 354 g/mol. The fourth-order valence-corrected chi connectivity index (χ4v) is 3.49. The average molecular weight is 355 g/mol. The van der Waals surface area contributed by atoms with Crippen LogP contribution in [0.25, 0.3) is 0 Å². The minimum absolute atomic E-state index is 0.0466. The van der Waals surface area contributed by atoms with E-state index in [-0.39, 0.29) is 23.7 Å². The molecule has 2 amide bonds. The summed E-state index contributed by atoms with van der Waals surface area (Å²) in [7, 11) is 0. The van der Waals surface area contributed by atoms with E-state index in [1.807, 2.05) is 20.8 Å². The van der Waals surface area contributed by atoms with E-state index in [4.69, 9.17) is 4.74 Å². The van der Waals surface area contributed by atoms with Crippen LogP contribution in [0.4, 0.5) is 0 Å². The molecule has 0 heterocycles. The summed E-state index contributed by atoms with van der Waals surface area (Å²) >= 11 is 0. The fourth-order valence-electron chi connectivity index (χ4n) is 3.49. The van der Waals surface area contributed by atoms with Gasteiger partial charge in [0, 0.05) is 25.7 Å². The summed E-state index contributed by atoms with van der Waals surface area (Å²) in [5.74, 6) is 1.51. The molecule has 1 fully saturated rings. The predicted octanol–water partition coefficient (Wildman–Crippen LogP) is 3.13. The van der Waals surface area contributed by atoms with E-state index in [1.165, 1.54) is 0 Å².